The molecule has 106 valence electrons. The Balaban J connectivity index is 1.90. The molecule has 6 heteroatoms. The van der Waals surface area contributed by atoms with E-state index in [2.05, 4.69) is 10.1 Å². The number of hydrogen-bond acceptors (Lipinski definition) is 5. The third kappa shape index (κ3) is 2.64. The van der Waals surface area contributed by atoms with Crippen LogP contribution in [0.4, 0.5) is 5.69 Å². The molecule has 1 heterocycles. The van der Waals surface area contributed by atoms with E-state index in [0.29, 0.717) is 40.5 Å². The van der Waals surface area contributed by atoms with Crippen molar-refractivity contribution in [2.45, 2.75) is 25.9 Å². The quantitative estimate of drug-likeness (QED) is 0.855. The van der Waals surface area contributed by atoms with Crippen LogP contribution in [0.3, 0.4) is 0 Å². The lowest BCUT2D eigenvalue weighted by atomic mass is 10.2. The van der Waals surface area contributed by atoms with Gasteiger partial charge in [0.1, 0.15) is 6.10 Å². The molecule has 1 aromatic heterocycles. The smallest absolute Gasteiger partial charge is 0.259 e. The lowest BCUT2D eigenvalue weighted by Crippen LogP contribution is -2.08. The molecule has 0 aliphatic heterocycles. The zero-order chi connectivity index (χ0) is 14.1. The summed E-state index contributed by atoms with van der Waals surface area (Å²) in [5.74, 6) is 1.46. The van der Waals surface area contributed by atoms with Crippen LogP contribution in [0.1, 0.15) is 31.7 Å². The third-order valence-electron chi connectivity index (χ3n) is 3.31. The molecule has 1 atom stereocenters. The Kier molecular flexibility index (Phi) is 3.63. The first-order valence-corrected chi connectivity index (χ1v) is 7.07. The summed E-state index contributed by atoms with van der Waals surface area (Å²) in [6.45, 7) is 2.59. The number of halogens is 1. The topological polar surface area (TPSA) is 74.2 Å². The van der Waals surface area contributed by atoms with Crippen LogP contribution in [-0.4, -0.2) is 16.7 Å². The minimum Gasteiger partial charge on any atom is -0.399 e. The van der Waals surface area contributed by atoms with Gasteiger partial charge in [0.05, 0.1) is 10.6 Å². The molecule has 20 heavy (non-hydrogen) atoms. The van der Waals surface area contributed by atoms with Crippen molar-refractivity contribution in [2.75, 3.05) is 12.3 Å². The Morgan fingerprint density at radius 1 is 1.50 bits per heavy atom. The van der Waals surface area contributed by atoms with E-state index in [0.717, 1.165) is 12.8 Å². The van der Waals surface area contributed by atoms with Gasteiger partial charge in [0.15, 0.2) is 0 Å². The minimum atomic E-state index is -0.0858. The molecule has 1 aliphatic carbocycles. The minimum absolute atomic E-state index is 0.0858. The lowest BCUT2D eigenvalue weighted by Gasteiger charge is -2.11. The number of ether oxygens (including phenoxy) is 1. The molecule has 1 unspecified atom stereocenters. The third-order valence-corrected chi connectivity index (χ3v) is 3.64. The van der Waals surface area contributed by atoms with E-state index in [9.17, 15) is 0 Å². The maximum Gasteiger partial charge on any atom is 0.259 e. The number of nitrogen functional groups attached to an aromatic ring is 1. The predicted molar refractivity (Wildman–Crippen MR) is 76.2 cm³/mol. The monoisotopic (exact) mass is 293 g/mol. The number of anilines is 1. The number of benzene rings is 1. The molecular formula is C14H16ClN3O2. The van der Waals surface area contributed by atoms with Gasteiger partial charge in [-0.3, -0.25) is 0 Å². The van der Waals surface area contributed by atoms with Gasteiger partial charge < -0.3 is 15.0 Å². The molecule has 0 spiro atoms. The molecule has 0 saturated heterocycles. The summed E-state index contributed by atoms with van der Waals surface area (Å²) in [6, 6.07) is 5.18. The highest BCUT2D eigenvalue weighted by Crippen LogP contribution is 2.42. The van der Waals surface area contributed by atoms with Gasteiger partial charge in [-0.1, -0.05) is 16.8 Å². The molecule has 1 fully saturated rings. The number of hydrogen-bond donors (Lipinski definition) is 1. The van der Waals surface area contributed by atoms with Crippen LogP contribution >= 0.6 is 11.6 Å². The Bertz CT molecular complexity index is 610. The summed E-state index contributed by atoms with van der Waals surface area (Å²) >= 11 is 6.14. The van der Waals surface area contributed by atoms with Crippen molar-refractivity contribution in [1.29, 1.82) is 0 Å². The maximum absolute atomic E-state index is 6.14. The molecule has 0 bridgehead atoms. The van der Waals surface area contributed by atoms with Gasteiger partial charge in [-0.05, 0) is 43.9 Å². The predicted octanol–water partition coefficient (Wildman–Crippen LogP) is 3.46. The molecule has 1 saturated carbocycles. The van der Waals surface area contributed by atoms with E-state index in [1.807, 2.05) is 6.92 Å². The first-order valence-electron chi connectivity index (χ1n) is 6.69. The Labute approximate surface area is 122 Å². The van der Waals surface area contributed by atoms with Crippen LogP contribution in [0, 0.1) is 5.92 Å². The fourth-order valence-corrected chi connectivity index (χ4v) is 2.36. The summed E-state index contributed by atoms with van der Waals surface area (Å²) in [7, 11) is 0. The molecule has 1 aromatic carbocycles. The maximum atomic E-state index is 6.14. The average Bonchev–Trinajstić information content (AvgIpc) is 3.16. The van der Waals surface area contributed by atoms with E-state index in [1.54, 1.807) is 18.2 Å². The molecule has 2 N–H and O–H groups in total. The van der Waals surface area contributed by atoms with Gasteiger partial charge in [-0.25, -0.2) is 0 Å². The molecule has 1 aliphatic rings. The SMILES string of the molecule is CCOC(c1noc(-c2cc(N)ccc2Cl)n1)C1CC1. The van der Waals surface area contributed by atoms with Crippen LogP contribution in [0.5, 0.6) is 0 Å². The molecule has 0 radical (unpaired) electrons. The van der Waals surface area contributed by atoms with E-state index in [4.69, 9.17) is 26.6 Å². The van der Waals surface area contributed by atoms with Crippen molar-refractivity contribution in [3.63, 3.8) is 0 Å². The summed E-state index contributed by atoms with van der Waals surface area (Å²) < 4.78 is 11.0. The summed E-state index contributed by atoms with van der Waals surface area (Å²) in [4.78, 5) is 4.42. The summed E-state index contributed by atoms with van der Waals surface area (Å²) in [5.41, 5.74) is 7.02. The standard InChI is InChI=1S/C14H16ClN3O2/c1-2-19-12(8-3-4-8)13-17-14(20-18-13)10-7-9(16)5-6-11(10)15/h5-8,12H,2-4,16H2,1H3. The largest absolute Gasteiger partial charge is 0.399 e. The fourth-order valence-electron chi connectivity index (χ4n) is 2.17. The van der Waals surface area contributed by atoms with Crippen molar-refractivity contribution >= 4 is 17.3 Å². The van der Waals surface area contributed by atoms with Crippen LogP contribution in [0.25, 0.3) is 11.5 Å². The Morgan fingerprint density at radius 3 is 3.00 bits per heavy atom. The highest BCUT2D eigenvalue weighted by molar-refractivity contribution is 6.33. The van der Waals surface area contributed by atoms with Crippen LogP contribution in [0.15, 0.2) is 22.7 Å². The molecular weight excluding hydrogens is 278 g/mol. The number of rotatable bonds is 5. The van der Waals surface area contributed by atoms with Crippen LogP contribution < -0.4 is 5.73 Å². The van der Waals surface area contributed by atoms with Crippen molar-refractivity contribution < 1.29 is 9.26 Å². The van der Waals surface area contributed by atoms with Gasteiger partial charge >= 0.3 is 0 Å². The first-order chi connectivity index (χ1) is 9.69. The molecule has 5 nitrogen and oxygen atoms in total. The van der Waals surface area contributed by atoms with Crippen LogP contribution in [0.2, 0.25) is 5.02 Å². The van der Waals surface area contributed by atoms with E-state index in [-0.39, 0.29) is 6.10 Å². The normalized spacial score (nSPS) is 16.3. The molecule has 2 aromatic rings. The number of aromatic nitrogens is 2. The van der Waals surface area contributed by atoms with Crippen molar-refractivity contribution in [3.05, 3.63) is 29.0 Å². The van der Waals surface area contributed by atoms with Gasteiger partial charge in [0, 0.05) is 12.3 Å². The van der Waals surface area contributed by atoms with E-state index >= 15 is 0 Å². The lowest BCUT2D eigenvalue weighted by molar-refractivity contribution is 0.0385. The van der Waals surface area contributed by atoms with Crippen molar-refractivity contribution in [2.24, 2.45) is 5.92 Å². The van der Waals surface area contributed by atoms with Gasteiger partial charge in [0.25, 0.3) is 5.89 Å². The summed E-state index contributed by atoms with van der Waals surface area (Å²) in [6.07, 6.45) is 2.21. The fraction of sp³-hybridized carbons (Fsp3) is 0.429. The van der Waals surface area contributed by atoms with Crippen LogP contribution in [-0.2, 0) is 4.74 Å². The molecule has 0 amide bonds. The first kappa shape index (κ1) is 13.4. The zero-order valence-corrected chi connectivity index (χ0v) is 11.9. The average molecular weight is 294 g/mol. The highest BCUT2D eigenvalue weighted by atomic mass is 35.5. The second kappa shape index (κ2) is 5.42. The van der Waals surface area contributed by atoms with Gasteiger partial charge in [0.2, 0.25) is 5.82 Å². The van der Waals surface area contributed by atoms with Gasteiger partial charge in [-0.15, -0.1) is 0 Å². The van der Waals surface area contributed by atoms with E-state index < -0.39 is 0 Å². The Hall–Kier alpha value is -1.59. The second-order valence-electron chi connectivity index (χ2n) is 4.91. The van der Waals surface area contributed by atoms with Crippen molar-refractivity contribution in [3.8, 4) is 11.5 Å². The molecule has 3 rings (SSSR count). The highest BCUT2D eigenvalue weighted by Gasteiger charge is 2.36. The second-order valence-corrected chi connectivity index (χ2v) is 5.32. The number of nitrogens with two attached hydrogens (primary N) is 1. The van der Waals surface area contributed by atoms with Crippen molar-refractivity contribution in [1.82, 2.24) is 10.1 Å². The zero-order valence-electron chi connectivity index (χ0n) is 11.2. The number of nitrogens with zero attached hydrogens (tertiary/aromatic N) is 2. The van der Waals surface area contributed by atoms with E-state index in [1.165, 1.54) is 0 Å². The Morgan fingerprint density at radius 2 is 2.30 bits per heavy atom. The van der Waals surface area contributed by atoms with Gasteiger partial charge in [-0.2, -0.15) is 4.98 Å². The summed E-state index contributed by atoms with van der Waals surface area (Å²) in [5, 5.41) is 4.57.